The summed E-state index contributed by atoms with van der Waals surface area (Å²) in [6.07, 6.45) is -2.15. The number of hydrogen-bond donors (Lipinski definition) is 1. The number of benzene rings is 1. The lowest BCUT2D eigenvalue weighted by molar-refractivity contribution is -0.138. The summed E-state index contributed by atoms with van der Waals surface area (Å²) in [6, 6.07) is 3.04. The van der Waals surface area contributed by atoms with E-state index in [0.29, 0.717) is 28.7 Å². The second-order valence-electron chi connectivity index (χ2n) is 4.98. The van der Waals surface area contributed by atoms with Crippen molar-refractivity contribution in [3.63, 3.8) is 0 Å². The molecule has 126 valence electrons. The number of anilines is 1. The largest absolute Gasteiger partial charge is 0.494 e. The number of alkyl halides is 3. The van der Waals surface area contributed by atoms with E-state index in [-0.39, 0.29) is 0 Å². The van der Waals surface area contributed by atoms with E-state index in [0.717, 1.165) is 12.7 Å². The van der Waals surface area contributed by atoms with Crippen LogP contribution in [0.15, 0.2) is 24.4 Å². The van der Waals surface area contributed by atoms with Crippen LogP contribution in [-0.4, -0.2) is 28.9 Å². The molecule has 4 nitrogen and oxygen atoms in total. The van der Waals surface area contributed by atoms with Crippen molar-refractivity contribution < 1.29 is 17.9 Å². The lowest BCUT2D eigenvalue weighted by atomic mass is 10.2. The molecular formula is C15H17ClF3N3O. The van der Waals surface area contributed by atoms with Crippen molar-refractivity contribution in [2.45, 2.75) is 32.5 Å². The second kappa shape index (κ2) is 6.70. The van der Waals surface area contributed by atoms with E-state index in [1.807, 2.05) is 6.92 Å². The fraction of sp³-hybridized carbons (Fsp3) is 0.400. The molecule has 0 bridgehead atoms. The Labute approximate surface area is 137 Å². The Balaban J connectivity index is 2.39. The normalized spacial score (nSPS) is 13.0. The summed E-state index contributed by atoms with van der Waals surface area (Å²) < 4.78 is 45.0. The molecule has 1 N–H and O–H groups in total. The Morgan fingerprint density at radius 3 is 2.65 bits per heavy atom. The van der Waals surface area contributed by atoms with Crippen LogP contribution in [0.25, 0.3) is 5.69 Å². The Morgan fingerprint density at radius 2 is 2.09 bits per heavy atom. The summed E-state index contributed by atoms with van der Waals surface area (Å²) in [4.78, 5) is 4.20. The van der Waals surface area contributed by atoms with Crippen molar-refractivity contribution in [3.05, 3.63) is 35.4 Å². The molecule has 1 heterocycles. The lowest BCUT2D eigenvalue weighted by Crippen LogP contribution is -2.33. The van der Waals surface area contributed by atoms with Gasteiger partial charge in [-0.3, -0.25) is 4.57 Å². The van der Waals surface area contributed by atoms with Gasteiger partial charge in [0, 0.05) is 18.2 Å². The summed E-state index contributed by atoms with van der Waals surface area (Å²) >= 11 is 6.15. The SMILES string of the molecule is CCc1ncc(Cl)n1-c1ccc(N[C@H](C)C(F)(F)F)cc1OC. The van der Waals surface area contributed by atoms with E-state index in [1.54, 1.807) is 16.7 Å². The number of hydrogen-bond acceptors (Lipinski definition) is 3. The van der Waals surface area contributed by atoms with Crippen LogP contribution in [0.3, 0.4) is 0 Å². The first-order valence-corrected chi connectivity index (χ1v) is 7.39. The second-order valence-corrected chi connectivity index (χ2v) is 5.37. The molecule has 0 aliphatic heterocycles. The van der Waals surface area contributed by atoms with Gasteiger partial charge in [0.2, 0.25) is 0 Å². The highest BCUT2D eigenvalue weighted by atomic mass is 35.5. The average Bonchev–Trinajstić information content (AvgIpc) is 2.87. The monoisotopic (exact) mass is 347 g/mol. The third-order valence-corrected chi connectivity index (χ3v) is 3.67. The summed E-state index contributed by atoms with van der Waals surface area (Å²) in [7, 11) is 1.45. The van der Waals surface area contributed by atoms with Crippen LogP contribution in [0.5, 0.6) is 5.75 Å². The average molecular weight is 348 g/mol. The van der Waals surface area contributed by atoms with Gasteiger partial charge in [-0.05, 0) is 19.1 Å². The van der Waals surface area contributed by atoms with E-state index < -0.39 is 12.2 Å². The van der Waals surface area contributed by atoms with Crippen LogP contribution in [0, 0.1) is 0 Å². The van der Waals surface area contributed by atoms with Gasteiger partial charge in [0.15, 0.2) is 0 Å². The van der Waals surface area contributed by atoms with E-state index in [4.69, 9.17) is 16.3 Å². The van der Waals surface area contributed by atoms with Crippen molar-refractivity contribution in [2.24, 2.45) is 0 Å². The number of aromatic nitrogens is 2. The first-order chi connectivity index (χ1) is 10.8. The first-order valence-electron chi connectivity index (χ1n) is 7.01. The minimum atomic E-state index is -4.32. The molecule has 0 fully saturated rings. The molecule has 1 aromatic heterocycles. The number of ether oxygens (including phenoxy) is 1. The number of methoxy groups -OCH3 is 1. The molecule has 23 heavy (non-hydrogen) atoms. The van der Waals surface area contributed by atoms with Gasteiger partial charge < -0.3 is 10.1 Å². The Bertz CT molecular complexity index is 685. The smallest absolute Gasteiger partial charge is 0.408 e. The summed E-state index contributed by atoms with van der Waals surface area (Å²) in [5.41, 5.74) is 0.932. The summed E-state index contributed by atoms with van der Waals surface area (Å²) in [6.45, 7) is 2.99. The number of nitrogens with one attached hydrogen (secondary N) is 1. The predicted molar refractivity (Wildman–Crippen MR) is 83.6 cm³/mol. The van der Waals surface area contributed by atoms with E-state index in [1.165, 1.54) is 19.4 Å². The van der Waals surface area contributed by atoms with Gasteiger partial charge in [0.05, 0.1) is 19.0 Å². The molecule has 0 amide bonds. The van der Waals surface area contributed by atoms with Gasteiger partial charge in [-0.2, -0.15) is 13.2 Å². The van der Waals surface area contributed by atoms with Crippen LogP contribution in [-0.2, 0) is 6.42 Å². The molecule has 0 saturated heterocycles. The fourth-order valence-corrected chi connectivity index (χ4v) is 2.39. The standard InChI is InChI=1S/C15H17ClF3N3O/c1-4-14-20-8-13(16)22(14)11-6-5-10(7-12(11)23-3)21-9(2)15(17,18)19/h5-9,21H,4H2,1-3H3/t9-/m1/s1. The molecule has 0 saturated carbocycles. The van der Waals surface area contributed by atoms with Crippen molar-refractivity contribution in [1.82, 2.24) is 9.55 Å². The van der Waals surface area contributed by atoms with Gasteiger partial charge in [-0.1, -0.05) is 18.5 Å². The fourth-order valence-electron chi connectivity index (χ4n) is 2.15. The Morgan fingerprint density at radius 1 is 1.39 bits per heavy atom. The van der Waals surface area contributed by atoms with Crippen LogP contribution >= 0.6 is 11.6 Å². The molecule has 2 aromatic rings. The molecule has 0 unspecified atom stereocenters. The van der Waals surface area contributed by atoms with Crippen LogP contribution < -0.4 is 10.1 Å². The highest BCUT2D eigenvalue weighted by Crippen LogP contribution is 2.32. The number of imidazole rings is 1. The number of nitrogens with zero attached hydrogens (tertiary/aromatic N) is 2. The van der Waals surface area contributed by atoms with Crippen molar-refractivity contribution in [3.8, 4) is 11.4 Å². The van der Waals surface area contributed by atoms with Gasteiger partial charge in [0.25, 0.3) is 0 Å². The number of halogens is 4. The third-order valence-electron chi connectivity index (χ3n) is 3.40. The molecule has 0 aliphatic carbocycles. The zero-order valence-corrected chi connectivity index (χ0v) is 13.7. The van der Waals surface area contributed by atoms with Crippen LogP contribution in [0.4, 0.5) is 18.9 Å². The molecule has 8 heteroatoms. The quantitative estimate of drug-likeness (QED) is 0.868. The van der Waals surface area contributed by atoms with Gasteiger partial charge in [-0.15, -0.1) is 0 Å². The maximum Gasteiger partial charge on any atom is 0.408 e. The van der Waals surface area contributed by atoms with Gasteiger partial charge in [-0.25, -0.2) is 4.98 Å². The zero-order valence-electron chi connectivity index (χ0n) is 12.9. The summed E-state index contributed by atoms with van der Waals surface area (Å²) in [5.74, 6) is 1.14. The number of aryl methyl sites for hydroxylation is 1. The minimum Gasteiger partial charge on any atom is -0.494 e. The van der Waals surface area contributed by atoms with Gasteiger partial charge >= 0.3 is 6.18 Å². The van der Waals surface area contributed by atoms with E-state index in [9.17, 15) is 13.2 Å². The number of rotatable bonds is 5. The zero-order chi connectivity index (χ0) is 17.2. The van der Waals surface area contributed by atoms with Crippen LogP contribution in [0.1, 0.15) is 19.7 Å². The van der Waals surface area contributed by atoms with Gasteiger partial charge in [0.1, 0.15) is 22.8 Å². The highest BCUT2D eigenvalue weighted by Gasteiger charge is 2.36. The maximum absolute atomic E-state index is 12.6. The maximum atomic E-state index is 12.6. The van der Waals surface area contributed by atoms with Crippen molar-refractivity contribution >= 4 is 17.3 Å². The molecule has 0 radical (unpaired) electrons. The topological polar surface area (TPSA) is 39.1 Å². The van der Waals surface area contributed by atoms with Crippen LogP contribution in [0.2, 0.25) is 5.15 Å². The van der Waals surface area contributed by atoms with Crippen molar-refractivity contribution in [2.75, 3.05) is 12.4 Å². The Hall–Kier alpha value is -1.89. The molecule has 1 atom stereocenters. The van der Waals surface area contributed by atoms with E-state index >= 15 is 0 Å². The molecule has 0 aliphatic rings. The minimum absolute atomic E-state index is 0.310. The highest BCUT2D eigenvalue weighted by molar-refractivity contribution is 6.29. The third kappa shape index (κ3) is 3.72. The first kappa shape index (κ1) is 17.5. The van der Waals surface area contributed by atoms with E-state index in [2.05, 4.69) is 10.3 Å². The Kier molecular flexibility index (Phi) is 5.09. The molecular weight excluding hydrogens is 331 g/mol. The molecule has 1 aromatic carbocycles. The molecule has 2 rings (SSSR count). The summed E-state index contributed by atoms with van der Waals surface area (Å²) in [5, 5.41) is 2.82. The predicted octanol–water partition coefficient (Wildman–Crippen LogP) is 4.46. The molecule has 0 spiro atoms. The lowest BCUT2D eigenvalue weighted by Gasteiger charge is -2.20. The van der Waals surface area contributed by atoms with Crippen molar-refractivity contribution in [1.29, 1.82) is 0 Å².